The molecule has 1 aliphatic rings. The number of aliphatic hydroxyl groups excluding tert-OH is 6. The monoisotopic (exact) mass is 1930 g/mol. The second-order valence-corrected chi connectivity index (χ2v) is 31.8. The first-order valence-electron chi connectivity index (χ1n) is 42.9. The lowest BCUT2D eigenvalue weighted by Crippen LogP contribution is -2.47. The number of carbonyl (C=O) groups is 11. The van der Waals surface area contributed by atoms with Gasteiger partial charge in [-0.2, -0.15) is 0 Å². The van der Waals surface area contributed by atoms with Crippen LogP contribution in [0.2, 0.25) is 0 Å². The molecular formula is C95H94F4N18O23. The number of pyridine rings is 8. The molecule has 14 rings (SSSR count). The number of rotatable bonds is 32. The molecule has 45 heteroatoms. The van der Waals surface area contributed by atoms with Gasteiger partial charge in [0.1, 0.15) is 80.2 Å². The van der Waals surface area contributed by atoms with Gasteiger partial charge in [-0.3, -0.25) is 78.7 Å². The Morgan fingerprint density at radius 1 is 0.393 bits per heavy atom. The van der Waals surface area contributed by atoms with Crippen LogP contribution in [0.5, 0.6) is 23.0 Å². The largest absolute Gasteiger partial charge is 0.504 e. The van der Waals surface area contributed by atoms with Crippen molar-refractivity contribution in [3.8, 4) is 23.0 Å². The van der Waals surface area contributed by atoms with Crippen molar-refractivity contribution >= 4 is 109 Å². The quantitative estimate of drug-likeness (QED) is 0.0122. The molecule has 730 valence electrons. The molecular weight excluding hydrogens is 1840 g/mol. The maximum atomic E-state index is 13.3. The van der Waals surface area contributed by atoms with Crippen molar-refractivity contribution in [2.75, 3.05) is 52.8 Å². The first-order chi connectivity index (χ1) is 67.0. The predicted molar refractivity (Wildman–Crippen MR) is 490 cm³/mol. The lowest BCUT2D eigenvalue weighted by molar-refractivity contribution is -0.139. The van der Waals surface area contributed by atoms with Crippen LogP contribution in [0.1, 0.15) is 180 Å². The first kappa shape index (κ1) is 104. The van der Waals surface area contributed by atoms with E-state index in [1.807, 2.05) is 0 Å². The average Bonchev–Trinajstić information content (AvgIpc) is 0.844. The van der Waals surface area contributed by atoms with E-state index in [4.69, 9.17) is 20.0 Å². The van der Waals surface area contributed by atoms with Crippen molar-refractivity contribution in [2.24, 2.45) is 5.73 Å². The Morgan fingerprint density at radius 3 is 0.986 bits per heavy atom. The van der Waals surface area contributed by atoms with E-state index in [1.54, 1.807) is 80.6 Å². The van der Waals surface area contributed by atoms with Crippen molar-refractivity contribution in [1.82, 2.24) is 87.9 Å². The third kappa shape index (κ3) is 26.7. The fraction of sp³-hybridized carbons (Fsp3) is 0.253. The maximum Gasteiger partial charge on any atom is 0.328 e. The maximum absolute atomic E-state index is 13.3. The van der Waals surface area contributed by atoms with Crippen LogP contribution < -0.4 is 53.8 Å². The summed E-state index contributed by atoms with van der Waals surface area (Å²) in [6, 6.07) is 27.8. The molecule has 0 bridgehead atoms. The molecule has 6 atom stereocenters. The molecule has 10 amide bonds. The van der Waals surface area contributed by atoms with Gasteiger partial charge in [-0.05, 0) is 189 Å². The van der Waals surface area contributed by atoms with E-state index < -0.39 is 159 Å². The van der Waals surface area contributed by atoms with Crippen LogP contribution in [0.25, 0.3) is 43.6 Å². The number of aliphatic hydroxyl groups is 6. The molecule has 0 spiro atoms. The van der Waals surface area contributed by atoms with Crippen LogP contribution in [0.3, 0.4) is 0 Å². The number of primary amides is 1. The van der Waals surface area contributed by atoms with Crippen molar-refractivity contribution in [3.05, 3.63) is 284 Å². The van der Waals surface area contributed by atoms with Gasteiger partial charge < -0.3 is 103 Å². The van der Waals surface area contributed by atoms with Crippen LogP contribution >= 0.6 is 0 Å². The van der Waals surface area contributed by atoms with Gasteiger partial charge in [0.2, 0.25) is 5.91 Å². The molecule has 13 aromatic rings. The van der Waals surface area contributed by atoms with Crippen molar-refractivity contribution in [3.63, 3.8) is 0 Å². The van der Waals surface area contributed by atoms with Gasteiger partial charge in [0, 0.05) is 90.1 Å². The Bertz CT molecular complexity index is 6600. The Morgan fingerprint density at radius 2 is 0.700 bits per heavy atom. The SMILES string of the molecule is CC(CO)NC(=O)c1nc(C(=O)NC2CCOC2=O)c2cc(Cc3ccc(F)cc3)cnc2c1O.CC(CO)NC(=O)c1nc(C(=O)NCCCO)c2cc(Cc3ccc(F)cc3)cnc2c1O.CC(CO)NC(=O)c1nc(C(=O)NNC(=O)c2ccco2)c2cc(Cc3ccc(F)cc3)cnc2c1O.CC(CO)NC(=O)c1nc(C(=O)N[C@@H](CO)C(N)=O)c2cc(Cc3ccc(F)cc3)cnc2c1O. The molecule has 41 nitrogen and oxygen atoms in total. The number of nitrogens with zero attached hydrogens (tertiary/aromatic N) is 8. The van der Waals surface area contributed by atoms with Gasteiger partial charge in [0.25, 0.3) is 47.3 Å². The third-order valence-electron chi connectivity index (χ3n) is 20.8. The summed E-state index contributed by atoms with van der Waals surface area (Å²) in [5.74, 6) is -12.5. The molecule has 10 heterocycles. The second-order valence-electron chi connectivity index (χ2n) is 31.8. The van der Waals surface area contributed by atoms with Crippen molar-refractivity contribution < 1.29 is 131 Å². The highest BCUT2D eigenvalue weighted by atomic mass is 19.1. The van der Waals surface area contributed by atoms with Crippen LogP contribution in [-0.2, 0) is 40.0 Å². The van der Waals surface area contributed by atoms with Gasteiger partial charge in [-0.1, -0.05) is 48.5 Å². The molecule has 5 unspecified atom stereocenters. The van der Waals surface area contributed by atoms with Crippen molar-refractivity contribution in [1.29, 1.82) is 0 Å². The van der Waals surface area contributed by atoms with Gasteiger partial charge in [0.05, 0.1) is 45.9 Å². The van der Waals surface area contributed by atoms with E-state index in [2.05, 4.69) is 87.9 Å². The normalized spacial score (nSPS) is 13.1. The zero-order valence-corrected chi connectivity index (χ0v) is 74.9. The van der Waals surface area contributed by atoms with E-state index in [0.717, 1.165) is 22.3 Å². The van der Waals surface area contributed by atoms with E-state index in [-0.39, 0.29) is 142 Å². The minimum absolute atomic E-state index is 0.0157. The lowest BCUT2D eigenvalue weighted by atomic mass is 10.0. The zero-order chi connectivity index (χ0) is 101. The molecule has 9 aromatic heterocycles. The number of hydrazine groups is 1. The van der Waals surface area contributed by atoms with Gasteiger partial charge in [-0.25, -0.2) is 42.3 Å². The Balaban J connectivity index is 0.000000179. The molecule has 0 radical (unpaired) electrons. The van der Waals surface area contributed by atoms with E-state index >= 15 is 0 Å². The number of halogens is 4. The number of ether oxygens (including phenoxy) is 1. The number of cyclic esters (lactones) is 1. The first-order valence-corrected chi connectivity index (χ1v) is 42.9. The molecule has 0 aliphatic carbocycles. The summed E-state index contributed by atoms with van der Waals surface area (Å²) >= 11 is 0. The highest BCUT2D eigenvalue weighted by Crippen LogP contribution is 2.35. The number of furan rings is 1. The number of amides is 10. The predicted octanol–water partition coefficient (Wildman–Crippen LogP) is 4.10. The second kappa shape index (κ2) is 48.1. The highest BCUT2D eigenvalue weighted by molar-refractivity contribution is 6.14. The minimum atomic E-state index is -1.42. The van der Waals surface area contributed by atoms with Gasteiger partial charge in [0.15, 0.2) is 51.5 Å². The summed E-state index contributed by atoms with van der Waals surface area (Å²) in [6.07, 6.45) is 9.14. The number of esters is 1. The zero-order valence-electron chi connectivity index (χ0n) is 74.9. The number of aromatic nitrogens is 8. The molecule has 1 aliphatic heterocycles. The fourth-order valence-electron chi connectivity index (χ4n) is 13.6. The summed E-state index contributed by atoms with van der Waals surface area (Å²) in [5.41, 5.74) is 12.2. The number of nitrogens with one attached hydrogen (secondary N) is 9. The van der Waals surface area contributed by atoms with E-state index in [0.29, 0.717) is 54.4 Å². The number of carbonyl (C=O) groups excluding carboxylic acids is 11. The molecule has 140 heavy (non-hydrogen) atoms. The van der Waals surface area contributed by atoms with Crippen LogP contribution in [0.4, 0.5) is 17.6 Å². The Kier molecular flexibility index (Phi) is 35.7. The number of benzene rings is 4. The van der Waals surface area contributed by atoms with Gasteiger partial charge in [-0.15, -0.1) is 0 Å². The minimum Gasteiger partial charge on any atom is -0.504 e. The molecule has 21 N–H and O–H groups in total. The molecule has 4 aromatic carbocycles. The van der Waals surface area contributed by atoms with Crippen LogP contribution in [-0.4, -0.2) is 245 Å². The summed E-state index contributed by atoms with van der Waals surface area (Å²) in [6.45, 7) is 4.24. The standard InChI is InChI=1S/C25H22FN5O6.C24H23FN4O6.C23H24FN5O6.C23H25FN4O5/c1-13(12-32)28-24(35)21-22(33)19-17(10-15(11-27-19)9-14-4-6-16(26)7-5-14)20(29-21)25(36)31-30-23(34)18-3-2-8-37-18;1-12(11-30)27-23(33)20-21(31)18-16(19(29-20)22(32)28-17-6-7-35-24(17)34)9-14(10-26-18)8-13-2-4-15(25)5-3-13;1-11(9-30)27-23(35)19-20(32)17-15(18(29-19)22(34)28-16(10-31)21(25)33)7-13(8-26-17)6-12-2-4-14(24)5-3-12;1-13(12-30)27-23(33)20-21(31)18-17(19(28-20)22(32)25-7-2-8-29)10-15(11-26-18)9-14-3-5-16(24)6-4-14/h2-8,10-11,13,32-33H,9,12H2,1H3,(H,28,35)(H,30,34)(H,31,36);2-5,9-10,12,17,30-31H,6-8,11H2,1H3,(H,27,33)(H,28,32);2-5,7-8,11,16,30-32H,6,9-10H2,1H3,(H2,25,33)(H,27,35)(H,28,34);3-6,10-11,13,29-31H,2,7-9,12H2,1H3,(H,25,32)(H,27,33)/t;;11?,16-;/m..0./s1. The van der Waals surface area contributed by atoms with Gasteiger partial charge >= 0.3 is 11.9 Å². The highest BCUT2D eigenvalue weighted by Gasteiger charge is 2.34. The molecule has 0 saturated carbocycles. The number of fused-ring (bicyclic) bond motifs is 4. The van der Waals surface area contributed by atoms with E-state index in [9.17, 15) is 116 Å². The summed E-state index contributed by atoms with van der Waals surface area (Å²) < 4.78 is 62.8. The Hall–Kier alpha value is -16.8. The van der Waals surface area contributed by atoms with Crippen LogP contribution in [0.15, 0.2) is 169 Å². The number of hydrogen-bond donors (Lipinski definition) is 20. The molecule has 1 fully saturated rings. The summed E-state index contributed by atoms with van der Waals surface area (Å²) in [4.78, 5) is 171. The fourth-order valence-corrected chi connectivity index (χ4v) is 13.6. The number of nitrogens with two attached hydrogens (primary N) is 1. The smallest absolute Gasteiger partial charge is 0.328 e. The average molecular weight is 1930 g/mol. The number of hydrogen-bond acceptors (Lipinski definition) is 31. The number of aromatic hydroxyl groups is 4. The lowest BCUT2D eigenvalue weighted by Gasteiger charge is -2.16. The van der Waals surface area contributed by atoms with Crippen molar-refractivity contribution in [2.45, 2.75) is 102 Å². The summed E-state index contributed by atoms with van der Waals surface area (Å²) in [7, 11) is 0. The topological polar surface area (TPSA) is 650 Å². The Labute approximate surface area is 791 Å². The van der Waals surface area contributed by atoms with E-state index in [1.165, 1.54) is 112 Å². The third-order valence-corrected chi connectivity index (χ3v) is 20.8. The van der Waals surface area contributed by atoms with Crippen LogP contribution in [0, 0.1) is 23.3 Å². The molecule has 1 saturated heterocycles. The summed E-state index contributed by atoms with van der Waals surface area (Å²) in [5, 5.41) is 116.